The zero-order valence-electron chi connectivity index (χ0n) is 13.4. The molecule has 1 aliphatic heterocycles. The van der Waals surface area contributed by atoms with Gasteiger partial charge >= 0.3 is 0 Å². The predicted octanol–water partition coefficient (Wildman–Crippen LogP) is 3.62. The van der Waals surface area contributed by atoms with Crippen molar-refractivity contribution >= 4 is 40.6 Å². The number of carbonyl (C=O) groups excluding carboxylic acids is 1. The number of carbonyl (C=O) groups is 1. The summed E-state index contributed by atoms with van der Waals surface area (Å²) in [7, 11) is 0. The summed E-state index contributed by atoms with van der Waals surface area (Å²) in [4.78, 5) is 14.5. The average Bonchev–Trinajstić information content (AvgIpc) is 3.24. The molecule has 1 N–H and O–H groups in total. The molecule has 1 saturated heterocycles. The van der Waals surface area contributed by atoms with E-state index in [-0.39, 0.29) is 11.7 Å². The lowest BCUT2D eigenvalue weighted by atomic mass is 10.2. The highest BCUT2D eigenvalue weighted by Crippen LogP contribution is 2.31. The maximum Gasteiger partial charge on any atom is 0.277 e. The maximum absolute atomic E-state index is 12.3. The number of thioether (sulfide) groups is 1. The molecule has 1 aromatic heterocycles. The standard InChI is InChI=1S/C16H19ClN4O2S/c1-2-15-19-20-16(23-15)24-10-14(22)18-12-9-11(17)5-6-13(12)21-7-3-4-8-21/h5-6,9H,2-4,7-8,10H2,1H3,(H,18,22). The van der Waals surface area contributed by atoms with Crippen LogP contribution in [0.25, 0.3) is 0 Å². The van der Waals surface area contributed by atoms with Gasteiger partial charge in [0.05, 0.1) is 17.1 Å². The number of nitrogens with one attached hydrogen (secondary N) is 1. The lowest BCUT2D eigenvalue weighted by Crippen LogP contribution is -2.21. The molecule has 1 aromatic carbocycles. The second-order valence-corrected chi connectivity index (χ2v) is 6.87. The van der Waals surface area contributed by atoms with Gasteiger partial charge in [-0.25, -0.2) is 0 Å². The second-order valence-electron chi connectivity index (χ2n) is 5.51. The normalized spacial score (nSPS) is 14.2. The molecule has 3 rings (SSSR count). The Morgan fingerprint density at radius 3 is 2.88 bits per heavy atom. The first-order chi connectivity index (χ1) is 11.7. The third-order valence-electron chi connectivity index (χ3n) is 3.76. The van der Waals surface area contributed by atoms with Crippen LogP contribution >= 0.6 is 23.4 Å². The number of benzene rings is 1. The molecule has 2 heterocycles. The molecule has 0 unspecified atom stereocenters. The van der Waals surface area contributed by atoms with Crippen molar-refractivity contribution in [3.63, 3.8) is 0 Å². The summed E-state index contributed by atoms with van der Waals surface area (Å²) in [6, 6.07) is 5.60. The van der Waals surface area contributed by atoms with Crippen LogP contribution in [0.3, 0.4) is 0 Å². The number of rotatable bonds is 6. The number of nitrogens with zero attached hydrogens (tertiary/aromatic N) is 3. The van der Waals surface area contributed by atoms with E-state index in [1.807, 2.05) is 19.1 Å². The van der Waals surface area contributed by atoms with E-state index in [1.165, 1.54) is 24.6 Å². The van der Waals surface area contributed by atoms with E-state index in [0.717, 1.165) is 24.5 Å². The molecule has 0 bridgehead atoms. The lowest BCUT2D eigenvalue weighted by molar-refractivity contribution is -0.113. The Kier molecular flexibility index (Phi) is 5.63. The molecule has 128 valence electrons. The van der Waals surface area contributed by atoms with Gasteiger partial charge in [-0.05, 0) is 31.0 Å². The highest BCUT2D eigenvalue weighted by Gasteiger charge is 2.18. The van der Waals surface area contributed by atoms with Gasteiger partial charge in [-0.3, -0.25) is 4.79 Å². The van der Waals surface area contributed by atoms with E-state index in [0.29, 0.717) is 22.6 Å². The molecular weight excluding hydrogens is 348 g/mol. The number of halogens is 1. The quantitative estimate of drug-likeness (QED) is 0.787. The van der Waals surface area contributed by atoms with Crippen LogP contribution in [-0.4, -0.2) is 34.9 Å². The van der Waals surface area contributed by atoms with E-state index >= 15 is 0 Å². The smallest absolute Gasteiger partial charge is 0.277 e. The molecule has 8 heteroatoms. The van der Waals surface area contributed by atoms with Crippen molar-refractivity contribution in [1.29, 1.82) is 0 Å². The summed E-state index contributed by atoms with van der Waals surface area (Å²) >= 11 is 7.32. The average molecular weight is 367 g/mol. The van der Waals surface area contributed by atoms with Gasteiger partial charge in [0.25, 0.3) is 5.22 Å². The molecule has 24 heavy (non-hydrogen) atoms. The van der Waals surface area contributed by atoms with Crippen molar-refractivity contribution in [2.24, 2.45) is 0 Å². The molecule has 0 aliphatic carbocycles. The first-order valence-corrected chi connectivity index (χ1v) is 9.31. The Morgan fingerprint density at radius 2 is 2.17 bits per heavy atom. The van der Waals surface area contributed by atoms with Crippen LogP contribution in [0.4, 0.5) is 11.4 Å². The molecule has 0 radical (unpaired) electrons. The third-order valence-corrected chi connectivity index (χ3v) is 4.81. The van der Waals surface area contributed by atoms with E-state index in [1.54, 1.807) is 6.07 Å². The molecular formula is C16H19ClN4O2S. The van der Waals surface area contributed by atoms with Gasteiger partial charge in [-0.15, -0.1) is 10.2 Å². The van der Waals surface area contributed by atoms with Crippen LogP contribution in [0.5, 0.6) is 0 Å². The zero-order valence-corrected chi connectivity index (χ0v) is 15.0. The fourth-order valence-corrected chi connectivity index (χ4v) is 3.35. The molecule has 0 spiro atoms. The zero-order chi connectivity index (χ0) is 16.9. The van der Waals surface area contributed by atoms with Crippen molar-refractivity contribution in [1.82, 2.24) is 10.2 Å². The Hall–Kier alpha value is -1.73. The number of hydrogen-bond donors (Lipinski definition) is 1. The van der Waals surface area contributed by atoms with Gasteiger partial charge in [0.15, 0.2) is 0 Å². The van der Waals surface area contributed by atoms with Gasteiger partial charge in [0.1, 0.15) is 0 Å². The van der Waals surface area contributed by atoms with Crippen molar-refractivity contribution in [3.05, 3.63) is 29.1 Å². The highest BCUT2D eigenvalue weighted by atomic mass is 35.5. The van der Waals surface area contributed by atoms with Gasteiger partial charge in [0, 0.05) is 24.5 Å². The SMILES string of the molecule is CCc1nnc(SCC(=O)Nc2cc(Cl)ccc2N2CCCC2)o1. The Labute approximate surface area is 150 Å². The van der Waals surface area contributed by atoms with Crippen LogP contribution in [0.2, 0.25) is 5.02 Å². The number of aromatic nitrogens is 2. The summed E-state index contributed by atoms with van der Waals surface area (Å²) in [5.41, 5.74) is 1.76. The van der Waals surface area contributed by atoms with E-state index < -0.39 is 0 Å². The van der Waals surface area contributed by atoms with Gasteiger partial charge in [-0.1, -0.05) is 30.3 Å². The molecule has 0 saturated carbocycles. The largest absolute Gasteiger partial charge is 0.416 e. The van der Waals surface area contributed by atoms with E-state index in [2.05, 4.69) is 20.4 Å². The summed E-state index contributed by atoms with van der Waals surface area (Å²) < 4.78 is 5.39. The monoisotopic (exact) mass is 366 g/mol. The number of aryl methyl sites for hydroxylation is 1. The summed E-state index contributed by atoms with van der Waals surface area (Å²) in [5.74, 6) is 0.653. The maximum atomic E-state index is 12.3. The topological polar surface area (TPSA) is 71.3 Å². The van der Waals surface area contributed by atoms with Crippen LogP contribution in [0, 0.1) is 0 Å². The third kappa shape index (κ3) is 4.21. The van der Waals surface area contributed by atoms with E-state index in [9.17, 15) is 4.79 Å². The Balaban J connectivity index is 1.63. The first kappa shape index (κ1) is 17.1. The summed E-state index contributed by atoms with van der Waals surface area (Å²) in [5, 5.41) is 11.7. The minimum atomic E-state index is -0.126. The van der Waals surface area contributed by atoms with Crippen LogP contribution in [0.1, 0.15) is 25.7 Å². The predicted molar refractivity (Wildman–Crippen MR) is 95.9 cm³/mol. The van der Waals surface area contributed by atoms with Crippen molar-refractivity contribution in [2.45, 2.75) is 31.4 Å². The number of hydrogen-bond acceptors (Lipinski definition) is 6. The van der Waals surface area contributed by atoms with Crippen molar-refractivity contribution in [3.8, 4) is 0 Å². The van der Waals surface area contributed by atoms with Gasteiger partial charge in [-0.2, -0.15) is 0 Å². The second kappa shape index (κ2) is 7.90. The van der Waals surface area contributed by atoms with E-state index in [4.69, 9.17) is 16.0 Å². The van der Waals surface area contributed by atoms with Crippen LogP contribution in [-0.2, 0) is 11.2 Å². The molecule has 6 nitrogen and oxygen atoms in total. The fourth-order valence-electron chi connectivity index (χ4n) is 2.60. The summed E-state index contributed by atoms with van der Waals surface area (Å²) in [6.07, 6.45) is 3.02. The summed E-state index contributed by atoms with van der Waals surface area (Å²) in [6.45, 7) is 3.94. The van der Waals surface area contributed by atoms with Crippen molar-refractivity contribution < 1.29 is 9.21 Å². The van der Waals surface area contributed by atoms with Gasteiger partial charge in [0.2, 0.25) is 11.8 Å². The first-order valence-electron chi connectivity index (χ1n) is 7.95. The van der Waals surface area contributed by atoms with Crippen LogP contribution < -0.4 is 10.2 Å². The van der Waals surface area contributed by atoms with Crippen LogP contribution in [0.15, 0.2) is 27.8 Å². The fraction of sp³-hybridized carbons (Fsp3) is 0.438. The number of anilines is 2. The molecule has 1 amide bonds. The molecule has 1 fully saturated rings. The molecule has 1 aliphatic rings. The Morgan fingerprint density at radius 1 is 1.38 bits per heavy atom. The van der Waals surface area contributed by atoms with Gasteiger partial charge < -0.3 is 14.6 Å². The minimum Gasteiger partial charge on any atom is -0.416 e. The highest BCUT2D eigenvalue weighted by molar-refractivity contribution is 7.99. The Bertz CT molecular complexity index is 716. The lowest BCUT2D eigenvalue weighted by Gasteiger charge is -2.21. The number of amides is 1. The molecule has 2 aromatic rings. The van der Waals surface area contributed by atoms with Crippen molar-refractivity contribution in [2.75, 3.05) is 29.1 Å². The minimum absolute atomic E-state index is 0.126. The molecule has 0 atom stereocenters.